The van der Waals surface area contributed by atoms with Gasteiger partial charge in [0.2, 0.25) is 5.91 Å². The number of rotatable bonds is 7. The van der Waals surface area contributed by atoms with Gasteiger partial charge in [-0.3, -0.25) is 4.79 Å². The van der Waals surface area contributed by atoms with Crippen LogP contribution >= 0.6 is 0 Å². The normalized spacial score (nSPS) is 9.70. The van der Waals surface area contributed by atoms with Gasteiger partial charge in [0.15, 0.2) is 0 Å². The zero-order valence-electron chi connectivity index (χ0n) is 11.9. The number of anilines is 1. The lowest BCUT2D eigenvalue weighted by Gasteiger charge is -2.12. The summed E-state index contributed by atoms with van der Waals surface area (Å²) in [5.41, 5.74) is 0.570. The third kappa shape index (κ3) is 5.60. The molecule has 0 bridgehead atoms. The van der Waals surface area contributed by atoms with Crippen LogP contribution in [0.3, 0.4) is 0 Å². The Morgan fingerprint density at radius 3 is 2.60 bits per heavy atom. The fourth-order valence-electron chi connectivity index (χ4n) is 1.51. The number of amides is 3. The number of carbonyl (C=O) groups is 2. The van der Waals surface area contributed by atoms with Crippen LogP contribution in [-0.2, 0) is 4.79 Å². The third-order valence-corrected chi connectivity index (χ3v) is 2.42. The van der Waals surface area contributed by atoms with Gasteiger partial charge in [0, 0.05) is 6.54 Å². The predicted molar refractivity (Wildman–Crippen MR) is 77.9 cm³/mol. The quantitative estimate of drug-likeness (QED) is 0.711. The lowest BCUT2D eigenvalue weighted by Crippen LogP contribution is -2.39. The van der Waals surface area contributed by atoms with Crippen molar-refractivity contribution in [1.82, 2.24) is 10.6 Å². The minimum Gasteiger partial charge on any atom is -0.492 e. The molecular formula is C14H21N3O3. The third-order valence-electron chi connectivity index (χ3n) is 2.42. The zero-order valence-corrected chi connectivity index (χ0v) is 11.9. The Labute approximate surface area is 118 Å². The summed E-state index contributed by atoms with van der Waals surface area (Å²) in [5, 5.41) is 7.82. The molecule has 0 fully saturated rings. The van der Waals surface area contributed by atoms with Gasteiger partial charge in [-0.25, -0.2) is 4.79 Å². The summed E-state index contributed by atoms with van der Waals surface area (Å²) < 4.78 is 5.39. The lowest BCUT2D eigenvalue weighted by molar-refractivity contribution is -0.120. The van der Waals surface area contributed by atoms with E-state index in [-0.39, 0.29) is 12.5 Å². The molecule has 1 aromatic rings. The van der Waals surface area contributed by atoms with Crippen LogP contribution in [0.2, 0.25) is 0 Å². The van der Waals surface area contributed by atoms with Crippen LogP contribution in [0.25, 0.3) is 0 Å². The van der Waals surface area contributed by atoms with Crippen molar-refractivity contribution in [2.24, 2.45) is 0 Å². The van der Waals surface area contributed by atoms with Crippen LogP contribution in [0, 0.1) is 0 Å². The van der Waals surface area contributed by atoms with Gasteiger partial charge in [0.05, 0.1) is 18.8 Å². The van der Waals surface area contributed by atoms with Gasteiger partial charge < -0.3 is 20.7 Å². The number of carbonyl (C=O) groups excluding carboxylic acids is 2. The highest BCUT2D eigenvalue weighted by molar-refractivity contribution is 5.93. The second-order valence-corrected chi connectivity index (χ2v) is 4.09. The Morgan fingerprint density at radius 1 is 1.15 bits per heavy atom. The molecule has 0 spiro atoms. The predicted octanol–water partition coefficient (Wildman–Crippen LogP) is 1.73. The molecule has 0 saturated heterocycles. The molecule has 3 amide bonds. The second-order valence-electron chi connectivity index (χ2n) is 4.09. The molecule has 20 heavy (non-hydrogen) atoms. The summed E-state index contributed by atoms with van der Waals surface area (Å²) >= 11 is 0. The van der Waals surface area contributed by atoms with Crippen LogP contribution in [0.4, 0.5) is 10.5 Å². The van der Waals surface area contributed by atoms with E-state index in [1.807, 2.05) is 19.9 Å². The highest BCUT2D eigenvalue weighted by Crippen LogP contribution is 2.23. The first-order valence-electron chi connectivity index (χ1n) is 6.70. The first-order chi connectivity index (χ1) is 9.67. The number of urea groups is 1. The molecule has 0 unspecified atom stereocenters. The molecule has 0 radical (unpaired) electrons. The highest BCUT2D eigenvalue weighted by atomic mass is 16.5. The van der Waals surface area contributed by atoms with E-state index >= 15 is 0 Å². The standard InChI is InChI=1S/C14H21N3O3/c1-3-9-15-13(18)10-16-14(19)17-11-7-5-6-8-12(11)20-4-2/h5-8H,3-4,9-10H2,1-2H3,(H,15,18)(H2,16,17,19). The molecule has 0 atom stereocenters. The molecule has 6 heteroatoms. The zero-order chi connectivity index (χ0) is 14.8. The van der Waals surface area contributed by atoms with Crippen molar-refractivity contribution in [3.63, 3.8) is 0 Å². The van der Waals surface area contributed by atoms with Crippen molar-refractivity contribution in [2.45, 2.75) is 20.3 Å². The topological polar surface area (TPSA) is 79.5 Å². The highest BCUT2D eigenvalue weighted by Gasteiger charge is 2.08. The number of hydrogen-bond donors (Lipinski definition) is 3. The molecule has 3 N–H and O–H groups in total. The number of nitrogens with one attached hydrogen (secondary N) is 3. The average Bonchev–Trinajstić information content (AvgIpc) is 2.45. The minimum atomic E-state index is -0.441. The molecular weight excluding hydrogens is 258 g/mol. The second kappa shape index (κ2) is 8.79. The SMILES string of the molecule is CCCNC(=O)CNC(=O)Nc1ccccc1OCC. The fraction of sp³-hybridized carbons (Fsp3) is 0.429. The van der Waals surface area contributed by atoms with Crippen LogP contribution in [-0.4, -0.2) is 31.6 Å². The summed E-state index contributed by atoms with van der Waals surface area (Å²) in [5.74, 6) is 0.390. The van der Waals surface area contributed by atoms with E-state index in [4.69, 9.17) is 4.74 Å². The van der Waals surface area contributed by atoms with Crippen molar-refractivity contribution in [3.05, 3.63) is 24.3 Å². The van der Waals surface area contributed by atoms with Gasteiger partial charge in [-0.15, -0.1) is 0 Å². The maximum absolute atomic E-state index is 11.7. The Bertz CT molecular complexity index is 449. The molecule has 0 aromatic heterocycles. The smallest absolute Gasteiger partial charge is 0.319 e. The van der Waals surface area contributed by atoms with E-state index in [0.717, 1.165) is 6.42 Å². The lowest BCUT2D eigenvalue weighted by atomic mass is 10.3. The molecule has 1 aromatic carbocycles. The molecule has 0 saturated carbocycles. The van der Waals surface area contributed by atoms with Gasteiger partial charge in [0.25, 0.3) is 0 Å². The Hall–Kier alpha value is -2.24. The first-order valence-corrected chi connectivity index (χ1v) is 6.70. The van der Waals surface area contributed by atoms with E-state index in [1.165, 1.54) is 0 Å². The summed E-state index contributed by atoms with van der Waals surface area (Å²) in [6, 6.07) is 6.69. The van der Waals surface area contributed by atoms with Gasteiger partial charge in [-0.1, -0.05) is 19.1 Å². The number of benzene rings is 1. The van der Waals surface area contributed by atoms with Crippen LogP contribution in [0.1, 0.15) is 20.3 Å². The summed E-state index contributed by atoms with van der Waals surface area (Å²) in [6.07, 6.45) is 0.861. The average molecular weight is 279 g/mol. The maximum Gasteiger partial charge on any atom is 0.319 e. The van der Waals surface area contributed by atoms with E-state index in [9.17, 15) is 9.59 Å². The van der Waals surface area contributed by atoms with E-state index < -0.39 is 6.03 Å². The Morgan fingerprint density at radius 2 is 1.90 bits per heavy atom. The van der Waals surface area contributed by atoms with Crippen molar-refractivity contribution < 1.29 is 14.3 Å². The first kappa shape index (κ1) is 15.8. The van der Waals surface area contributed by atoms with E-state index in [0.29, 0.717) is 24.6 Å². The molecule has 0 aliphatic rings. The monoisotopic (exact) mass is 279 g/mol. The van der Waals surface area contributed by atoms with Crippen LogP contribution < -0.4 is 20.7 Å². The molecule has 110 valence electrons. The molecule has 6 nitrogen and oxygen atoms in total. The van der Waals surface area contributed by atoms with E-state index in [2.05, 4.69) is 16.0 Å². The summed E-state index contributed by atoms with van der Waals surface area (Å²) in [4.78, 5) is 23.0. The minimum absolute atomic E-state index is 0.0529. The van der Waals surface area contributed by atoms with E-state index in [1.54, 1.807) is 18.2 Å². The number of hydrogen-bond acceptors (Lipinski definition) is 3. The van der Waals surface area contributed by atoms with Crippen LogP contribution in [0.5, 0.6) is 5.75 Å². The van der Waals surface area contributed by atoms with Gasteiger partial charge in [-0.2, -0.15) is 0 Å². The van der Waals surface area contributed by atoms with Crippen molar-refractivity contribution >= 4 is 17.6 Å². The van der Waals surface area contributed by atoms with Crippen molar-refractivity contribution in [3.8, 4) is 5.75 Å². The van der Waals surface area contributed by atoms with Crippen LogP contribution in [0.15, 0.2) is 24.3 Å². The molecule has 0 aliphatic heterocycles. The summed E-state index contributed by atoms with van der Waals surface area (Å²) in [6.45, 7) is 4.90. The number of ether oxygens (including phenoxy) is 1. The largest absolute Gasteiger partial charge is 0.492 e. The molecule has 0 heterocycles. The van der Waals surface area contributed by atoms with Gasteiger partial charge in [-0.05, 0) is 25.5 Å². The van der Waals surface area contributed by atoms with Crippen molar-refractivity contribution in [2.75, 3.05) is 25.0 Å². The maximum atomic E-state index is 11.7. The van der Waals surface area contributed by atoms with Crippen molar-refractivity contribution in [1.29, 1.82) is 0 Å². The fourth-order valence-corrected chi connectivity index (χ4v) is 1.51. The number of para-hydroxylation sites is 2. The Balaban J connectivity index is 2.44. The summed E-state index contributed by atoms with van der Waals surface area (Å²) in [7, 11) is 0. The molecule has 0 aliphatic carbocycles. The van der Waals surface area contributed by atoms with Gasteiger partial charge in [0.1, 0.15) is 5.75 Å². The Kier molecular flexibility index (Phi) is 6.95. The van der Waals surface area contributed by atoms with Gasteiger partial charge >= 0.3 is 6.03 Å². The molecule has 1 rings (SSSR count).